The van der Waals surface area contributed by atoms with Gasteiger partial charge in [0.25, 0.3) is 5.91 Å². The fourth-order valence-electron chi connectivity index (χ4n) is 2.69. The summed E-state index contributed by atoms with van der Waals surface area (Å²) in [6.07, 6.45) is 3.12. The number of hydrogen-bond acceptors (Lipinski definition) is 4. The highest BCUT2D eigenvalue weighted by Crippen LogP contribution is 2.20. The maximum atomic E-state index is 12.6. The molecule has 0 unspecified atom stereocenters. The van der Waals surface area contributed by atoms with E-state index >= 15 is 0 Å². The van der Waals surface area contributed by atoms with Crippen LogP contribution in [0.1, 0.15) is 21.5 Å². The summed E-state index contributed by atoms with van der Waals surface area (Å²) in [6, 6.07) is 15.7. The van der Waals surface area contributed by atoms with Gasteiger partial charge in [0.2, 0.25) is 0 Å². The molecule has 1 amide bonds. The van der Waals surface area contributed by atoms with Crippen LogP contribution in [0.5, 0.6) is 0 Å². The molecule has 0 aliphatic rings. The van der Waals surface area contributed by atoms with Gasteiger partial charge in [-0.05, 0) is 32.6 Å². The molecule has 0 aliphatic carbocycles. The second kappa shape index (κ2) is 7.89. The van der Waals surface area contributed by atoms with Gasteiger partial charge in [-0.2, -0.15) is 0 Å². The van der Waals surface area contributed by atoms with Gasteiger partial charge >= 0.3 is 0 Å². The van der Waals surface area contributed by atoms with E-state index in [9.17, 15) is 4.79 Å². The van der Waals surface area contributed by atoms with E-state index in [2.05, 4.69) is 26.3 Å². The van der Waals surface area contributed by atoms with Crippen molar-refractivity contribution in [1.29, 1.82) is 0 Å². The van der Waals surface area contributed by atoms with Crippen molar-refractivity contribution in [2.75, 3.05) is 19.4 Å². The number of nitrogens with one attached hydrogen (secondary N) is 1. The van der Waals surface area contributed by atoms with E-state index in [0.717, 1.165) is 28.9 Å². The molecule has 26 heavy (non-hydrogen) atoms. The number of aromatic nitrogens is 2. The fraction of sp³-hybridized carbons (Fsp3) is 0.190. The zero-order valence-electron chi connectivity index (χ0n) is 15.2. The molecule has 1 heterocycles. The Labute approximate surface area is 153 Å². The number of aryl methyl sites for hydroxylation is 1. The highest BCUT2D eigenvalue weighted by molar-refractivity contribution is 6.04. The van der Waals surface area contributed by atoms with Crippen molar-refractivity contribution in [3.63, 3.8) is 0 Å². The summed E-state index contributed by atoms with van der Waals surface area (Å²) >= 11 is 0. The Morgan fingerprint density at radius 3 is 2.38 bits per heavy atom. The SMILES string of the molecule is Cc1ccc(NC(=O)c2cnc(-c3ccccc3)nc2)c(CN(C)C)c1. The molecule has 5 heteroatoms. The number of anilines is 1. The molecule has 0 bridgehead atoms. The number of nitrogens with zero attached hydrogens (tertiary/aromatic N) is 3. The van der Waals surface area contributed by atoms with Gasteiger partial charge in [0.1, 0.15) is 0 Å². The maximum absolute atomic E-state index is 12.6. The minimum absolute atomic E-state index is 0.214. The van der Waals surface area contributed by atoms with Crippen LogP contribution in [0.4, 0.5) is 5.69 Å². The predicted octanol–water partition coefficient (Wildman–Crippen LogP) is 3.77. The Balaban J connectivity index is 1.78. The van der Waals surface area contributed by atoms with E-state index in [1.165, 1.54) is 0 Å². The first-order valence-corrected chi connectivity index (χ1v) is 8.46. The summed E-state index contributed by atoms with van der Waals surface area (Å²) in [6.45, 7) is 2.79. The first-order valence-electron chi connectivity index (χ1n) is 8.46. The number of carbonyl (C=O) groups is 1. The second-order valence-electron chi connectivity index (χ2n) is 6.51. The lowest BCUT2D eigenvalue weighted by Gasteiger charge is -2.15. The number of hydrogen-bond donors (Lipinski definition) is 1. The van der Waals surface area contributed by atoms with Crippen LogP contribution < -0.4 is 5.32 Å². The quantitative estimate of drug-likeness (QED) is 0.764. The van der Waals surface area contributed by atoms with E-state index in [1.54, 1.807) is 12.4 Å². The van der Waals surface area contributed by atoms with Crippen LogP contribution in [-0.4, -0.2) is 34.9 Å². The second-order valence-corrected chi connectivity index (χ2v) is 6.51. The standard InChI is InChI=1S/C21H22N4O/c1-15-9-10-19(17(11-15)14-25(2)3)24-21(26)18-12-22-20(23-13-18)16-7-5-4-6-8-16/h4-13H,14H2,1-3H3,(H,24,26). The van der Waals surface area contributed by atoms with E-state index in [-0.39, 0.29) is 5.91 Å². The van der Waals surface area contributed by atoms with Crippen molar-refractivity contribution < 1.29 is 4.79 Å². The Hall–Kier alpha value is -3.05. The van der Waals surface area contributed by atoms with Crippen LogP contribution in [0.25, 0.3) is 11.4 Å². The minimum atomic E-state index is -0.214. The van der Waals surface area contributed by atoms with Gasteiger partial charge in [0.15, 0.2) is 5.82 Å². The molecule has 0 atom stereocenters. The zero-order chi connectivity index (χ0) is 18.5. The average molecular weight is 346 g/mol. The van der Waals surface area contributed by atoms with Gasteiger partial charge in [-0.3, -0.25) is 4.79 Å². The first-order chi connectivity index (χ1) is 12.5. The lowest BCUT2D eigenvalue weighted by molar-refractivity contribution is 0.102. The third kappa shape index (κ3) is 4.32. The van der Waals surface area contributed by atoms with Crippen molar-refractivity contribution in [2.45, 2.75) is 13.5 Å². The Morgan fingerprint density at radius 1 is 1.04 bits per heavy atom. The number of rotatable bonds is 5. The molecule has 0 radical (unpaired) electrons. The van der Waals surface area contributed by atoms with Crippen molar-refractivity contribution >= 4 is 11.6 Å². The van der Waals surface area contributed by atoms with Crippen LogP contribution in [0, 0.1) is 6.92 Å². The summed E-state index contributed by atoms with van der Waals surface area (Å²) in [5, 5.41) is 2.97. The van der Waals surface area contributed by atoms with Gasteiger partial charge in [0, 0.05) is 30.2 Å². The van der Waals surface area contributed by atoms with Crippen molar-refractivity contribution in [1.82, 2.24) is 14.9 Å². The van der Waals surface area contributed by atoms with Crippen molar-refractivity contribution in [2.24, 2.45) is 0 Å². The smallest absolute Gasteiger partial charge is 0.258 e. The summed E-state index contributed by atoms with van der Waals surface area (Å²) in [4.78, 5) is 23.3. The van der Waals surface area contributed by atoms with E-state index < -0.39 is 0 Å². The van der Waals surface area contributed by atoms with Crippen LogP contribution in [0.3, 0.4) is 0 Å². The fourth-order valence-corrected chi connectivity index (χ4v) is 2.69. The van der Waals surface area contributed by atoms with Gasteiger partial charge in [0.05, 0.1) is 5.56 Å². The normalized spacial score (nSPS) is 10.8. The lowest BCUT2D eigenvalue weighted by Crippen LogP contribution is -2.17. The van der Waals surface area contributed by atoms with Crippen molar-refractivity contribution in [3.8, 4) is 11.4 Å². The van der Waals surface area contributed by atoms with Crippen LogP contribution in [-0.2, 0) is 6.54 Å². The number of benzene rings is 2. The highest BCUT2D eigenvalue weighted by atomic mass is 16.1. The molecule has 0 saturated carbocycles. The molecule has 132 valence electrons. The topological polar surface area (TPSA) is 58.1 Å². The zero-order valence-corrected chi connectivity index (χ0v) is 15.2. The molecule has 3 aromatic rings. The van der Waals surface area contributed by atoms with Crippen molar-refractivity contribution in [3.05, 3.63) is 77.6 Å². The highest BCUT2D eigenvalue weighted by Gasteiger charge is 2.11. The molecular formula is C21H22N4O. The first kappa shape index (κ1) is 17.8. The van der Waals surface area contributed by atoms with Gasteiger partial charge in [-0.1, -0.05) is 48.0 Å². The summed E-state index contributed by atoms with van der Waals surface area (Å²) in [5.41, 5.74) is 4.40. The molecule has 3 rings (SSSR count). The molecule has 0 fully saturated rings. The monoisotopic (exact) mass is 346 g/mol. The molecule has 0 saturated heterocycles. The third-order valence-electron chi connectivity index (χ3n) is 3.94. The van der Waals surface area contributed by atoms with Gasteiger partial charge < -0.3 is 10.2 Å². The molecule has 1 N–H and O–H groups in total. The Bertz CT molecular complexity index is 890. The van der Waals surface area contributed by atoms with Gasteiger partial charge in [-0.15, -0.1) is 0 Å². The van der Waals surface area contributed by atoms with Gasteiger partial charge in [-0.25, -0.2) is 9.97 Å². The third-order valence-corrected chi connectivity index (χ3v) is 3.94. The van der Waals surface area contributed by atoms with E-state index in [1.807, 2.05) is 63.5 Å². The van der Waals surface area contributed by atoms with Crippen LogP contribution in [0.15, 0.2) is 60.9 Å². The summed E-state index contributed by atoms with van der Waals surface area (Å²) in [5.74, 6) is 0.388. The maximum Gasteiger partial charge on any atom is 0.258 e. The molecule has 2 aromatic carbocycles. The average Bonchev–Trinajstić information content (AvgIpc) is 2.64. The van der Waals surface area contributed by atoms with Crippen LogP contribution in [0.2, 0.25) is 0 Å². The van der Waals surface area contributed by atoms with E-state index in [0.29, 0.717) is 11.4 Å². The molecular weight excluding hydrogens is 324 g/mol. The lowest BCUT2D eigenvalue weighted by atomic mass is 10.1. The summed E-state index contributed by atoms with van der Waals surface area (Å²) < 4.78 is 0. The largest absolute Gasteiger partial charge is 0.322 e. The Kier molecular flexibility index (Phi) is 5.39. The number of carbonyl (C=O) groups excluding carboxylic acids is 1. The minimum Gasteiger partial charge on any atom is -0.322 e. The molecule has 0 spiro atoms. The molecule has 1 aromatic heterocycles. The molecule has 0 aliphatic heterocycles. The van der Waals surface area contributed by atoms with Crippen LogP contribution >= 0.6 is 0 Å². The van der Waals surface area contributed by atoms with E-state index in [4.69, 9.17) is 0 Å². The summed E-state index contributed by atoms with van der Waals surface area (Å²) in [7, 11) is 4.01. The Morgan fingerprint density at radius 2 is 1.73 bits per heavy atom. The molecule has 5 nitrogen and oxygen atoms in total. The predicted molar refractivity (Wildman–Crippen MR) is 104 cm³/mol. The number of amides is 1.